The van der Waals surface area contributed by atoms with Crippen LogP contribution in [0, 0.1) is 10.1 Å². The Balaban J connectivity index is 1.62. The molecule has 1 fully saturated rings. The van der Waals surface area contributed by atoms with Crippen molar-refractivity contribution in [3.05, 3.63) is 119 Å². The van der Waals surface area contributed by atoms with Crippen molar-refractivity contribution in [1.82, 2.24) is 9.47 Å². The monoisotopic (exact) mass is 669 g/mol. The number of nitrogens with zero attached hydrogens (tertiary/aromatic N) is 5. The third-order valence-electron chi connectivity index (χ3n) is 8.45. The van der Waals surface area contributed by atoms with Gasteiger partial charge in [-0.2, -0.15) is 0 Å². The van der Waals surface area contributed by atoms with Gasteiger partial charge in [-0.15, -0.1) is 0 Å². The second kappa shape index (κ2) is 13.8. The minimum absolute atomic E-state index is 0.0777. The number of nitro groups is 1. The summed E-state index contributed by atoms with van der Waals surface area (Å²) in [7, 11) is 5.10. The van der Waals surface area contributed by atoms with Gasteiger partial charge in [0.1, 0.15) is 0 Å². The Labute approximate surface area is 280 Å². The van der Waals surface area contributed by atoms with Crippen LogP contribution in [0.3, 0.4) is 0 Å². The van der Waals surface area contributed by atoms with Gasteiger partial charge in [-0.25, -0.2) is 9.79 Å². The van der Waals surface area contributed by atoms with Gasteiger partial charge in [-0.1, -0.05) is 47.7 Å². The van der Waals surface area contributed by atoms with Crippen molar-refractivity contribution in [3.8, 4) is 11.5 Å². The third-order valence-corrected chi connectivity index (χ3v) is 9.43. The standard InChI is InChI=1S/C35H35N5O7S/c1-5-47-34(42)30-31(22-9-7-6-8-10-22)36-35-39(32(30)23-11-14-27(45-3)28(20-23)46-4)33(41)29(48-35)21-24-19-25(40(43)44)12-13-26(24)38-17-15-37(2)16-18-38/h6-14,19-21,32H,5,15-18H2,1-4H3. The average molecular weight is 670 g/mol. The molecule has 1 saturated heterocycles. The first-order chi connectivity index (χ1) is 23.2. The average Bonchev–Trinajstić information content (AvgIpc) is 3.41. The Kier molecular flexibility index (Phi) is 9.42. The van der Waals surface area contributed by atoms with Crippen LogP contribution in [-0.2, 0) is 9.53 Å². The number of nitro benzene ring substituents is 1. The summed E-state index contributed by atoms with van der Waals surface area (Å²) < 4.78 is 18.4. The first kappa shape index (κ1) is 32.7. The van der Waals surface area contributed by atoms with Crippen molar-refractivity contribution in [2.45, 2.75) is 13.0 Å². The van der Waals surface area contributed by atoms with E-state index < -0.39 is 22.5 Å². The summed E-state index contributed by atoms with van der Waals surface area (Å²) in [6, 6.07) is 18.3. The van der Waals surface area contributed by atoms with Gasteiger partial charge in [0.15, 0.2) is 16.3 Å². The van der Waals surface area contributed by atoms with E-state index in [9.17, 15) is 19.7 Å². The molecule has 12 nitrogen and oxygen atoms in total. The number of rotatable bonds is 9. The molecule has 0 aliphatic carbocycles. The van der Waals surface area contributed by atoms with Crippen LogP contribution in [0.15, 0.2) is 82.1 Å². The van der Waals surface area contributed by atoms with Crippen LogP contribution in [0.2, 0.25) is 0 Å². The zero-order chi connectivity index (χ0) is 33.9. The Morgan fingerprint density at radius 1 is 1.02 bits per heavy atom. The molecule has 0 amide bonds. The number of esters is 1. The number of aromatic nitrogens is 1. The maximum absolute atomic E-state index is 14.5. The Morgan fingerprint density at radius 3 is 2.42 bits per heavy atom. The molecule has 1 unspecified atom stereocenters. The molecule has 1 aromatic heterocycles. The minimum Gasteiger partial charge on any atom is -0.493 e. The fourth-order valence-corrected chi connectivity index (χ4v) is 7.02. The summed E-state index contributed by atoms with van der Waals surface area (Å²) in [4.78, 5) is 49.3. The van der Waals surface area contributed by atoms with E-state index in [2.05, 4.69) is 16.8 Å². The molecule has 0 spiro atoms. The maximum atomic E-state index is 14.5. The van der Waals surface area contributed by atoms with Crippen molar-refractivity contribution < 1.29 is 23.9 Å². The molecule has 1 atom stereocenters. The number of benzene rings is 3. The van der Waals surface area contributed by atoms with Crippen LogP contribution in [0.4, 0.5) is 11.4 Å². The Morgan fingerprint density at radius 2 is 1.75 bits per heavy atom. The number of non-ortho nitro benzene ring substituents is 1. The number of hydrogen-bond acceptors (Lipinski definition) is 11. The molecule has 2 aliphatic heterocycles. The first-order valence-electron chi connectivity index (χ1n) is 15.5. The summed E-state index contributed by atoms with van der Waals surface area (Å²) in [5.41, 5.74) is 2.72. The van der Waals surface area contributed by atoms with Crippen molar-refractivity contribution in [2.75, 3.05) is 59.0 Å². The highest BCUT2D eigenvalue weighted by atomic mass is 32.1. The van der Waals surface area contributed by atoms with Gasteiger partial charge in [-0.3, -0.25) is 19.5 Å². The van der Waals surface area contributed by atoms with Gasteiger partial charge in [0.25, 0.3) is 11.2 Å². The largest absolute Gasteiger partial charge is 0.493 e. The van der Waals surface area contributed by atoms with Gasteiger partial charge >= 0.3 is 5.97 Å². The van der Waals surface area contributed by atoms with E-state index in [0.717, 1.165) is 43.2 Å². The molecule has 0 saturated carbocycles. The van der Waals surface area contributed by atoms with Crippen LogP contribution in [-0.4, -0.2) is 74.4 Å². The predicted molar refractivity (Wildman–Crippen MR) is 183 cm³/mol. The first-order valence-corrected chi connectivity index (χ1v) is 16.3. The quantitative estimate of drug-likeness (QED) is 0.149. The summed E-state index contributed by atoms with van der Waals surface area (Å²) in [6.45, 7) is 4.98. The summed E-state index contributed by atoms with van der Waals surface area (Å²) >= 11 is 1.16. The van der Waals surface area contributed by atoms with Crippen molar-refractivity contribution in [3.63, 3.8) is 0 Å². The smallest absolute Gasteiger partial charge is 0.338 e. The van der Waals surface area contributed by atoms with Crippen LogP contribution in [0.25, 0.3) is 11.8 Å². The summed E-state index contributed by atoms with van der Waals surface area (Å²) in [5.74, 6) is 0.304. The van der Waals surface area contributed by atoms with Crippen molar-refractivity contribution in [1.29, 1.82) is 0 Å². The molecule has 2 aliphatic rings. The van der Waals surface area contributed by atoms with Crippen LogP contribution in [0.1, 0.15) is 29.7 Å². The molecule has 0 bridgehead atoms. The molecule has 4 aromatic rings. The lowest BCUT2D eigenvalue weighted by Gasteiger charge is -2.34. The molecular weight excluding hydrogens is 634 g/mol. The maximum Gasteiger partial charge on any atom is 0.338 e. The number of thiazole rings is 1. The van der Waals surface area contributed by atoms with Crippen LogP contribution in [0.5, 0.6) is 11.5 Å². The van der Waals surface area contributed by atoms with Crippen LogP contribution < -0.4 is 29.3 Å². The van der Waals surface area contributed by atoms with Gasteiger partial charge < -0.3 is 24.0 Å². The van der Waals surface area contributed by atoms with Crippen molar-refractivity contribution >= 4 is 40.5 Å². The second-order valence-corrected chi connectivity index (χ2v) is 12.3. The summed E-state index contributed by atoms with van der Waals surface area (Å²) in [5, 5.41) is 11.8. The van der Waals surface area contributed by atoms with E-state index in [-0.39, 0.29) is 17.9 Å². The topological polar surface area (TPSA) is 129 Å². The number of likely N-dealkylation sites (N-methyl/N-ethyl adjacent to an activating group) is 1. The normalized spacial score (nSPS) is 16.7. The van der Waals surface area contributed by atoms with E-state index in [0.29, 0.717) is 43.2 Å². The van der Waals surface area contributed by atoms with E-state index in [1.165, 1.54) is 30.9 Å². The highest BCUT2D eigenvalue weighted by Gasteiger charge is 2.36. The number of piperazine rings is 1. The number of fused-ring (bicyclic) bond motifs is 1. The fraction of sp³-hybridized carbons (Fsp3) is 0.286. The predicted octanol–water partition coefficient (Wildman–Crippen LogP) is 3.61. The minimum atomic E-state index is -0.931. The highest BCUT2D eigenvalue weighted by Crippen LogP contribution is 2.38. The lowest BCUT2D eigenvalue weighted by Crippen LogP contribution is -2.44. The zero-order valence-corrected chi connectivity index (χ0v) is 27.9. The summed E-state index contributed by atoms with van der Waals surface area (Å²) in [6.07, 6.45) is 1.69. The molecule has 48 heavy (non-hydrogen) atoms. The lowest BCUT2D eigenvalue weighted by molar-refractivity contribution is -0.384. The van der Waals surface area contributed by atoms with Gasteiger partial charge in [0.2, 0.25) is 0 Å². The molecule has 13 heteroatoms. The number of ether oxygens (including phenoxy) is 3. The molecule has 3 aromatic carbocycles. The van der Waals surface area contributed by atoms with Gasteiger partial charge in [0, 0.05) is 55.1 Å². The molecule has 0 N–H and O–H groups in total. The molecule has 0 radical (unpaired) electrons. The zero-order valence-electron chi connectivity index (χ0n) is 27.0. The number of methoxy groups -OCH3 is 2. The Bertz CT molecular complexity index is 2080. The van der Waals surface area contributed by atoms with E-state index >= 15 is 0 Å². The molecular formula is C35H35N5O7S. The highest BCUT2D eigenvalue weighted by molar-refractivity contribution is 7.07. The van der Waals surface area contributed by atoms with Gasteiger partial charge in [-0.05, 0) is 43.8 Å². The molecule has 6 rings (SSSR count). The molecule has 3 heterocycles. The van der Waals surface area contributed by atoms with E-state index in [4.69, 9.17) is 19.2 Å². The van der Waals surface area contributed by atoms with Crippen LogP contribution >= 0.6 is 11.3 Å². The lowest BCUT2D eigenvalue weighted by atomic mass is 9.93. The van der Waals surface area contributed by atoms with E-state index in [1.807, 2.05) is 30.3 Å². The number of carbonyl (C=O) groups is 1. The van der Waals surface area contributed by atoms with Crippen molar-refractivity contribution in [2.24, 2.45) is 4.99 Å². The Hall–Kier alpha value is -5.27. The fourth-order valence-electron chi connectivity index (χ4n) is 6.03. The second-order valence-electron chi connectivity index (χ2n) is 11.3. The van der Waals surface area contributed by atoms with E-state index in [1.54, 1.807) is 37.3 Å². The molecule has 248 valence electrons. The number of anilines is 1. The SMILES string of the molecule is CCOC(=O)C1=C(c2ccccc2)N=c2sc(=Cc3cc([N+](=O)[O-])ccc3N3CCN(C)CC3)c(=O)n2C1c1ccc(OC)c(OC)c1. The third kappa shape index (κ3) is 6.21. The number of carbonyl (C=O) groups excluding carboxylic acids is 1. The van der Waals surface area contributed by atoms with Gasteiger partial charge in [0.05, 0.1) is 47.6 Å². The number of hydrogen-bond donors (Lipinski definition) is 0.